The summed E-state index contributed by atoms with van der Waals surface area (Å²) in [6.45, 7) is 1.73. The highest BCUT2D eigenvalue weighted by molar-refractivity contribution is 5.93. The molecule has 0 unspecified atom stereocenters. The molecule has 0 saturated heterocycles. The second-order valence-corrected chi connectivity index (χ2v) is 5.40. The molecule has 1 heterocycles. The second-order valence-electron chi connectivity index (χ2n) is 5.40. The summed E-state index contributed by atoms with van der Waals surface area (Å²) in [5.74, 6) is -0.0258. The monoisotopic (exact) mass is 378 g/mol. The van der Waals surface area contributed by atoms with E-state index in [1.807, 2.05) is 6.07 Å². The van der Waals surface area contributed by atoms with E-state index >= 15 is 0 Å². The number of methoxy groups -OCH3 is 1. The van der Waals surface area contributed by atoms with Crippen molar-refractivity contribution < 1.29 is 33.3 Å². The fourth-order valence-electron chi connectivity index (χ4n) is 2.28. The Hall–Kier alpha value is -3.23. The number of ether oxygens (including phenoxy) is 4. The summed E-state index contributed by atoms with van der Waals surface area (Å²) in [4.78, 5) is 35.3. The Balaban J connectivity index is 1.85. The van der Waals surface area contributed by atoms with Gasteiger partial charge in [-0.25, -0.2) is 9.59 Å². The Kier molecular flexibility index (Phi) is 7.48. The lowest BCUT2D eigenvalue weighted by Crippen LogP contribution is -2.45. The third-order valence-corrected chi connectivity index (χ3v) is 3.59. The Bertz CT molecular complexity index is 730. The SMILES string of the molecule is CCOC(=O)C1=C(COC(=O)CCOc2ccccc2OC)NC(=O)NC1. The number of para-hydroxylation sites is 2. The van der Waals surface area contributed by atoms with Crippen LogP contribution >= 0.6 is 0 Å². The fourth-order valence-corrected chi connectivity index (χ4v) is 2.28. The maximum atomic E-state index is 11.9. The zero-order valence-corrected chi connectivity index (χ0v) is 15.2. The molecule has 1 aromatic carbocycles. The number of esters is 2. The van der Waals surface area contributed by atoms with Gasteiger partial charge in [-0.1, -0.05) is 12.1 Å². The van der Waals surface area contributed by atoms with E-state index in [-0.39, 0.29) is 44.1 Å². The topological polar surface area (TPSA) is 112 Å². The number of hydrogen-bond acceptors (Lipinski definition) is 7. The molecule has 1 aromatic rings. The Morgan fingerprint density at radius 3 is 2.59 bits per heavy atom. The number of carbonyl (C=O) groups is 3. The van der Waals surface area contributed by atoms with E-state index in [9.17, 15) is 14.4 Å². The molecule has 0 bridgehead atoms. The van der Waals surface area contributed by atoms with Gasteiger partial charge in [0.25, 0.3) is 0 Å². The molecule has 2 rings (SSSR count). The van der Waals surface area contributed by atoms with Gasteiger partial charge in [-0.2, -0.15) is 0 Å². The molecule has 0 spiro atoms. The van der Waals surface area contributed by atoms with Crippen molar-refractivity contribution in [3.8, 4) is 11.5 Å². The first-order valence-corrected chi connectivity index (χ1v) is 8.40. The molecule has 1 aliphatic heterocycles. The maximum absolute atomic E-state index is 11.9. The van der Waals surface area contributed by atoms with Crippen LogP contribution in [0.1, 0.15) is 13.3 Å². The average Bonchev–Trinajstić information content (AvgIpc) is 2.67. The highest BCUT2D eigenvalue weighted by atomic mass is 16.5. The van der Waals surface area contributed by atoms with Crippen LogP contribution in [0.25, 0.3) is 0 Å². The van der Waals surface area contributed by atoms with E-state index < -0.39 is 18.0 Å². The molecule has 9 heteroatoms. The van der Waals surface area contributed by atoms with Gasteiger partial charge in [-0.3, -0.25) is 4.79 Å². The van der Waals surface area contributed by atoms with Crippen LogP contribution < -0.4 is 20.1 Å². The van der Waals surface area contributed by atoms with E-state index in [1.54, 1.807) is 25.1 Å². The highest BCUT2D eigenvalue weighted by Crippen LogP contribution is 2.25. The van der Waals surface area contributed by atoms with Crippen molar-refractivity contribution in [2.45, 2.75) is 13.3 Å². The first-order valence-electron chi connectivity index (χ1n) is 8.40. The van der Waals surface area contributed by atoms with Gasteiger partial charge in [-0.05, 0) is 19.1 Å². The van der Waals surface area contributed by atoms with E-state index in [2.05, 4.69) is 10.6 Å². The molecule has 0 fully saturated rings. The number of nitrogens with one attached hydrogen (secondary N) is 2. The van der Waals surface area contributed by atoms with Crippen molar-refractivity contribution >= 4 is 18.0 Å². The maximum Gasteiger partial charge on any atom is 0.337 e. The van der Waals surface area contributed by atoms with Crippen molar-refractivity contribution in [3.05, 3.63) is 35.5 Å². The van der Waals surface area contributed by atoms with Crippen LogP contribution in [-0.4, -0.2) is 51.4 Å². The minimum absolute atomic E-state index is 0.00767. The first-order chi connectivity index (χ1) is 13.0. The van der Waals surface area contributed by atoms with Crippen LogP contribution in [0.3, 0.4) is 0 Å². The third kappa shape index (κ3) is 5.91. The molecule has 1 aliphatic rings. The molecule has 0 atom stereocenters. The normalized spacial score (nSPS) is 13.3. The van der Waals surface area contributed by atoms with Gasteiger partial charge in [0.05, 0.1) is 44.6 Å². The van der Waals surface area contributed by atoms with Crippen LogP contribution in [0, 0.1) is 0 Å². The molecule has 2 N–H and O–H groups in total. The molecular weight excluding hydrogens is 356 g/mol. The summed E-state index contributed by atoms with van der Waals surface area (Å²) in [7, 11) is 1.53. The zero-order chi connectivity index (χ0) is 19.6. The summed E-state index contributed by atoms with van der Waals surface area (Å²) in [5, 5.41) is 4.93. The van der Waals surface area contributed by atoms with Crippen molar-refractivity contribution in [3.63, 3.8) is 0 Å². The molecule has 146 valence electrons. The van der Waals surface area contributed by atoms with Crippen LogP contribution in [0.2, 0.25) is 0 Å². The van der Waals surface area contributed by atoms with Crippen molar-refractivity contribution in [2.24, 2.45) is 0 Å². The molecular formula is C18H22N2O7. The Morgan fingerprint density at radius 2 is 1.89 bits per heavy atom. The number of hydrogen-bond donors (Lipinski definition) is 2. The predicted octanol–water partition coefficient (Wildman–Crippen LogP) is 1.14. The summed E-state index contributed by atoms with van der Waals surface area (Å²) in [6.07, 6.45) is -0.00767. The van der Waals surface area contributed by atoms with Gasteiger partial charge in [0.15, 0.2) is 11.5 Å². The number of rotatable bonds is 9. The molecule has 0 saturated carbocycles. The molecule has 27 heavy (non-hydrogen) atoms. The number of urea groups is 1. The van der Waals surface area contributed by atoms with Gasteiger partial charge in [0, 0.05) is 0 Å². The van der Waals surface area contributed by atoms with E-state index in [0.29, 0.717) is 11.5 Å². The van der Waals surface area contributed by atoms with Gasteiger partial charge in [0.2, 0.25) is 0 Å². The number of carbonyl (C=O) groups excluding carboxylic acids is 3. The van der Waals surface area contributed by atoms with Crippen molar-refractivity contribution in [2.75, 3.05) is 33.5 Å². The molecule has 0 aliphatic carbocycles. The number of amides is 2. The van der Waals surface area contributed by atoms with Crippen LogP contribution in [0.5, 0.6) is 11.5 Å². The predicted molar refractivity (Wildman–Crippen MR) is 94.3 cm³/mol. The molecule has 2 amide bonds. The third-order valence-electron chi connectivity index (χ3n) is 3.59. The van der Waals surface area contributed by atoms with E-state index in [1.165, 1.54) is 7.11 Å². The lowest BCUT2D eigenvalue weighted by atomic mass is 10.2. The standard InChI is InChI=1S/C18H22N2O7/c1-3-25-17(22)12-10-19-18(23)20-13(12)11-27-16(21)8-9-26-15-7-5-4-6-14(15)24-2/h4-7H,3,8-11H2,1-2H3,(H2,19,20,23). The molecule has 0 aromatic heterocycles. The lowest BCUT2D eigenvalue weighted by molar-refractivity contribution is -0.144. The summed E-state index contributed by atoms with van der Waals surface area (Å²) < 4.78 is 20.7. The quantitative estimate of drug-likeness (QED) is 0.620. The van der Waals surface area contributed by atoms with Crippen LogP contribution in [0.4, 0.5) is 4.79 Å². The van der Waals surface area contributed by atoms with Gasteiger partial charge in [0.1, 0.15) is 6.61 Å². The minimum atomic E-state index is -0.574. The second kappa shape index (κ2) is 10.0. The summed E-state index contributed by atoms with van der Waals surface area (Å²) >= 11 is 0. The Morgan fingerprint density at radius 1 is 1.15 bits per heavy atom. The van der Waals surface area contributed by atoms with Gasteiger partial charge < -0.3 is 29.6 Å². The average molecular weight is 378 g/mol. The van der Waals surface area contributed by atoms with Gasteiger partial charge in [-0.15, -0.1) is 0 Å². The minimum Gasteiger partial charge on any atom is -0.493 e. The highest BCUT2D eigenvalue weighted by Gasteiger charge is 2.24. The smallest absolute Gasteiger partial charge is 0.337 e. The Labute approximate surface area is 156 Å². The lowest BCUT2D eigenvalue weighted by Gasteiger charge is -2.21. The molecule has 9 nitrogen and oxygen atoms in total. The summed E-state index contributed by atoms with van der Waals surface area (Å²) in [6, 6.07) is 6.59. The summed E-state index contributed by atoms with van der Waals surface area (Å²) in [5.41, 5.74) is 0.422. The van der Waals surface area contributed by atoms with E-state index in [0.717, 1.165) is 0 Å². The van der Waals surface area contributed by atoms with Gasteiger partial charge >= 0.3 is 18.0 Å². The van der Waals surface area contributed by atoms with E-state index in [4.69, 9.17) is 18.9 Å². The zero-order valence-electron chi connectivity index (χ0n) is 15.2. The fraction of sp³-hybridized carbons (Fsp3) is 0.389. The van der Waals surface area contributed by atoms with Crippen molar-refractivity contribution in [1.29, 1.82) is 0 Å². The number of benzene rings is 1. The van der Waals surface area contributed by atoms with Crippen LogP contribution in [-0.2, 0) is 19.1 Å². The first kappa shape index (κ1) is 20.1. The van der Waals surface area contributed by atoms with Crippen molar-refractivity contribution in [1.82, 2.24) is 10.6 Å². The largest absolute Gasteiger partial charge is 0.493 e. The van der Waals surface area contributed by atoms with Crippen LogP contribution in [0.15, 0.2) is 35.5 Å². The molecule has 0 radical (unpaired) electrons.